The van der Waals surface area contributed by atoms with E-state index in [1.165, 1.54) is 19.3 Å². The Balaban J connectivity index is 1.53. The van der Waals surface area contributed by atoms with Gasteiger partial charge in [-0.15, -0.1) is 0 Å². The second-order valence-electron chi connectivity index (χ2n) is 8.22. The molecule has 2 atom stereocenters. The van der Waals surface area contributed by atoms with E-state index in [0.717, 1.165) is 12.8 Å². The van der Waals surface area contributed by atoms with Gasteiger partial charge in [-0.05, 0) is 37.0 Å². The zero-order valence-corrected chi connectivity index (χ0v) is 16.6. The highest BCUT2D eigenvalue weighted by molar-refractivity contribution is 5.99. The summed E-state index contributed by atoms with van der Waals surface area (Å²) >= 11 is 0. The molecule has 1 aromatic carbocycles. The molecule has 1 aliphatic carbocycles. The molecule has 3 aliphatic rings. The fourth-order valence-electron chi connectivity index (χ4n) is 4.69. The molecule has 1 saturated carbocycles. The lowest BCUT2D eigenvalue weighted by Gasteiger charge is -2.35. The predicted octanol–water partition coefficient (Wildman–Crippen LogP) is 2.84. The van der Waals surface area contributed by atoms with Gasteiger partial charge < -0.3 is 15.0 Å². The van der Waals surface area contributed by atoms with E-state index in [4.69, 9.17) is 4.74 Å². The minimum atomic E-state index is -0.626. The number of nitrogens with one attached hydrogen (secondary N) is 1. The summed E-state index contributed by atoms with van der Waals surface area (Å²) in [6.45, 7) is 0.494. The maximum atomic E-state index is 13.5. The van der Waals surface area contributed by atoms with Crippen LogP contribution in [0.25, 0.3) is 0 Å². The number of hydrogen-bond acceptors (Lipinski definition) is 4. The van der Waals surface area contributed by atoms with Crippen molar-refractivity contribution in [2.45, 2.75) is 57.0 Å². The van der Waals surface area contributed by atoms with Crippen LogP contribution in [0.5, 0.6) is 0 Å². The number of carbonyl (C=O) groups is 3. The summed E-state index contributed by atoms with van der Waals surface area (Å²) in [7, 11) is 0. The van der Waals surface area contributed by atoms with E-state index in [-0.39, 0.29) is 24.2 Å². The molecule has 0 bridgehead atoms. The van der Waals surface area contributed by atoms with E-state index < -0.39 is 12.1 Å². The summed E-state index contributed by atoms with van der Waals surface area (Å²) in [5, 5.41) is 2.97. The molecule has 2 heterocycles. The lowest BCUT2D eigenvalue weighted by Crippen LogP contribution is -2.55. The Morgan fingerprint density at radius 2 is 1.90 bits per heavy atom. The molecular formula is C23H28N2O4. The van der Waals surface area contributed by atoms with Gasteiger partial charge in [-0.3, -0.25) is 14.4 Å². The maximum absolute atomic E-state index is 13.5. The number of ketones is 1. The van der Waals surface area contributed by atoms with Crippen LogP contribution in [0.2, 0.25) is 0 Å². The van der Waals surface area contributed by atoms with Crippen LogP contribution in [0, 0.1) is 5.92 Å². The van der Waals surface area contributed by atoms with Crippen molar-refractivity contribution < 1.29 is 19.1 Å². The molecule has 0 spiro atoms. The SMILES string of the molecule is O=C(NC(CC1CCCCC1)C(=O)N1CCC=C2OCC(=O)C21)c1ccccc1. The first-order valence-electron chi connectivity index (χ1n) is 10.7. The van der Waals surface area contributed by atoms with Crippen LogP contribution in [-0.4, -0.2) is 47.7 Å². The number of hydrogen-bond donors (Lipinski definition) is 1. The molecule has 2 amide bonds. The molecule has 1 aromatic rings. The maximum Gasteiger partial charge on any atom is 0.251 e. The lowest BCUT2D eigenvalue weighted by atomic mass is 9.84. The average molecular weight is 396 g/mol. The second-order valence-corrected chi connectivity index (χ2v) is 8.22. The summed E-state index contributed by atoms with van der Waals surface area (Å²) in [4.78, 5) is 40.2. The molecule has 4 rings (SSSR count). The van der Waals surface area contributed by atoms with Crippen molar-refractivity contribution in [3.05, 3.63) is 47.7 Å². The van der Waals surface area contributed by atoms with Crippen molar-refractivity contribution >= 4 is 17.6 Å². The van der Waals surface area contributed by atoms with Crippen LogP contribution >= 0.6 is 0 Å². The predicted molar refractivity (Wildman–Crippen MR) is 108 cm³/mol. The van der Waals surface area contributed by atoms with E-state index >= 15 is 0 Å². The van der Waals surface area contributed by atoms with Gasteiger partial charge in [0.05, 0.1) is 0 Å². The minimum Gasteiger partial charge on any atom is -0.488 e. The number of Topliss-reactive ketones (excluding diaryl/α,β-unsaturated/α-hetero) is 1. The van der Waals surface area contributed by atoms with Gasteiger partial charge in [-0.1, -0.05) is 50.3 Å². The Labute approximate surface area is 171 Å². The number of benzene rings is 1. The Bertz CT molecular complexity index is 798. The lowest BCUT2D eigenvalue weighted by molar-refractivity contribution is -0.139. The number of nitrogens with zero attached hydrogens (tertiary/aromatic N) is 1. The highest BCUT2D eigenvalue weighted by Gasteiger charge is 2.43. The quantitative estimate of drug-likeness (QED) is 0.830. The first-order valence-corrected chi connectivity index (χ1v) is 10.7. The molecule has 2 aliphatic heterocycles. The summed E-state index contributed by atoms with van der Waals surface area (Å²) in [5.74, 6) is 0.496. The highest BCUT2D eigenvalue weighted by atomic mass is 16.5. The zero-order valence-electron chi connectivity index (χ0n) is 16.6. The molecule has 0 radical (unpaired) electrons. The minimum absolute atomic E-state index is 0.0178. The first kappa shape index (κ1) is 19.7. The Morgan fingerprint density at radius 1 is 1.14 bits per heavy atom. The molecule has 0 aromatic heterocycles. The van der Waals surface area contributed by atoms with Crippen molar-refractivity contribution in [3.63, 3.8) is 0 Å². The van der Waals surface area contributed by atoms with Crippen LogP contribution in [0.3, 0.4) is 0 Å². The first-order chi connectivity index (χ1) is 14.1. The molecular weight excluding hydrogens is 368 g/mol. The third kappa shape index (κ3) is 4.36. The number of carbonyl (C=O) groups excluding carboxylic acids is 3. The second kappa shape index (κ2) is 8.80. The molecule has 2 unspecified atom stereocenters. The van der Waals surface area contributed by atoms with Crippen LogP contribution in [0.4, 0.5) is 0 Å². The van der Waals surface area contributed by atoms with Gasteiger partial charge in [0.2, 0.25) is 5.91 Å². The van der Waals surface area contributed by atoms with Crippen molar-refractivity contribution in [1.29, 1.82) is 0 Å². The third-order valence-corrected chi connectivity index (χ3v) is 6.20. The van der Waals surface area contributed by atoms with E-state index in [9.17, 15) is 14.4 Å². The average Bonchev–Trinajstić information content (AvgIpc) is 3.15. The fraction of sp³-hybridized carbons (Fsp3) is 0.522. The summed E-state index contributed by atoms with van der Waals surface area (Å²) < 4.78 is 5.46. The fourth-order valence-corrected chi connectivity index (χ4v) is 4.69. The van der Waals surface area contributed by atoms with E-state index in [2.05, 4.69) is 5.32 Å². The van der Waals surface area contributed by atoms with Crippen LogP contribution in [0.15, 0.2) is 42.2 Å². The van der Waals surface area contributed by atoms with Gasteiger partial charge in [-0.25, -0.2) is 0 Å². The number of rotatable bonds is 5. The van der Waals surface area contributed by atoms with Gasteiger partial charge in [-0.2, -0.15) is 0 Å². The van der Waals surface area contributed by atoms with Gasteiger partial charge >= 0.3 is 0 Å². The number of ether oxygens (including phenoxy) is 1. The summed E-state index contributed by atoms with van der Waals surface area (Å²) in [6.07, 6.45) is 8.93. The Kier molecular flexibility index (Phi) is 5.97. The molecule has 1 N–H and O–H groups in total. The largest absolute Gasteiger partial charge is 0.488 e. The van der Waals surface area contributed by atoms with Crippen molar-refractivity contribution in [2.75, 3.05) is 13.2 Å². The van der Waals surface area contributed by atoms with E-state index in [1.54, 1.807) is 17.0 Å². The van der Waals surface area contributed by atoms with Crippen LogP contribution in [0.1, 0.15) is 55.3 Å². The van der Waals surface area contributed by atoms with Gasteiger partial charge in [0.25, 0.3) is 5.91 Å². The van der Waals surface area contributed by atoms with Gasteiger partial charge in [0.1, 0.15) is 18.4 Å². The van der Waals surface area contributed by atoms with Crippen LogP contribution < -0.4 is 5.32 Å². The molecule has 154 valence electrons. The van der Waals surface area contributed by atoms with Crippen molar-refractivity contribution in [1.82, 2.24) is 10.2 Å². The van der Waals surface area contributed by atoms with Crippen molar-refractivity contribution in [3.8, 4) is 0 Å². The molecule has 1 saturated heterocycles. The van der Waals surface area contributed by atoms with E-state index in [1.807, 2.05) is 24.3 Å². The third-order valence-electron chi connectivity index (χ3n) is 6.20. The topological polar surface area (TPSA) is 75.7 Å². The highest BCUT2D eigenvalue weighted by Crippen LogP contribution is 2.30. The Hall–Kier alpha value is -2.63. The zero-order chi connectivity index (χ0) is 20.2. The van der Waals surface area contributed by atoms with E-state index in [0.29, 0.717) is 36.6 Å². The standard InChI is InChI=1S/C23H28N2O4/c26-19-15-29-20-12-7-13-25(21(19)20)23(28)18(14-16-8-3-1-4-9-16)24-22(27)17-10-5-2-6-11-17/h2,5-6,10-12,16,18,21H,1,3-4,7-9,13-15H2,(H,24,27). The van der Waals surface area contributed by atoms with Crippen LogP contribution in [-0.2, 0) is 14.3 Å². The number of amides is 2. The Morgan fingerprint density at radius 3 is 2.66 bits per heavy atom. The van der Waals surface area contributed by atoms with Gasteiger partial charge in [0, 0.05) is 12.1 Å². The van der Waals surface area contributed by atoms with Crippen molar-refractivity contribution in [2.24, 2.45) is 5.92 Å². The van der Waals surface area contributed by atoms with Gasteiger partial charge in [0.15, 0.2) is 11.8 Å². The molecule has 29 heavy (non-hydrogen) atoms. The number of fused-ring (bicyclic) bond motifs is 1. The normalized spacial score (nSPS) is 23.0. The molecule has 6 nitrogen and oxygen atoms in total. The summed E-state index contributed by atoms with van der Waals surface area (Å²) in [6, 6.07) is 7.71. The molecule has 2 fully saturated rings. The molecule has 6 heteroatoms. The smallest absolute Gasteiger partial charge is 0.251 e. The summed E-state index contributed by atoms with van der Waals surface area (Å²) in [5.41, 5.74) is 0.536. The monoisotopic (exact) mass is 396 g/mol.